The van der Waals surface area contributed by atoms with Crippen LogP contribution in [0.1, 0.15) is 30.9 Å². The number of nitrogens with zero attached hydrogens (tertiary/aromatic N) is 1. The number of benzene rings is 1. The number of fused-ring (bicyclic) bond motifs is 1. The van der Waals surface area contributed by atoms with Gasteiger partial charge in [0.25, 0.3) is 0 Å². The Kier molecular flexibility index (Phi) is 3.06. The molecule has 0 aromatic heterocycles. The Balaban J connectivity index is 2.69. The first-order valence-electron chi connectivity index (χ1n) is 5.17. The summed E-state index contributed by atoms with van der Waals surface area (Å²) >= 11 is 3.40. The zero-order valence-electron chi connectivity index (χ0n) is 9.21. The Labute approximate surface area is 103 Å². The minimum Gasteiger partial charge on any atom is -0.486 e. The molecule has 0 amide bonds. The van der Waals surface area contributed by atoms with E-state index in [9.17, 15) is 0 Å². The predicted octanol–water partition coefficient (Wildman–Crippen LogP) is 3.22. The predicted molar refractivity (Wildman–Crippen MR) is 63.9 cm³/mol. The number of rotatable bonds is 1. The van der Waals surface area contributed by atoms with E-state index in [0.29, 0.717) is 30.3 Å². The molecule has 0 saturated heterocycles. The van der Waals surface area contributed by atoms with Crippen molar-refractivity contribution < 1.29 is 9.47 Å². The van der Waals surface area contributed by atoms with Gasteiger partial charge in [-0.15, -0.1) is 0 Å². The number of halogens is 1. The van der Waals surface area contributed by atoms with Crippen LogP contribution in [0.2, 0.25) is 0 Å². The van der Waals surface area contributed by atoms with Gasteiger partial charge >= 0.3 is 0 Å². The molecule has 0 unspecified atom stereocenters. The molecule has 0 fully saturated rings. The Morgan fingerprint density at radius 3 is 2.50 bits per heavy atom. The van der Waals surface area contributed by atoms with E-state index in [0.717, 1.165) is 10.0 Å². The van der Waals surface area contributed by atoms with Crippen molar-refractivity contribution in [2.24, 2.45) is 0 Å². The van der Waals surface area contributed by atoms with Crippen LogP contribution in [0.25, 0.3) is 0 Å². The molecule has 0 bridgehead atoms. The highest BCUT2D eigenvalue weighted by molar-refractivity contribution is 9.10. The summed E-state index contributed by atoms with van der Waals surface area (Å²) in [5, 5.41) is 9.13. The summed E-state index contributed by atoms with van der Waals surface area (Å²) in [7, 11) is 0. The van der Waals surface area contributed by atoms with Gasteiger partial charge in [-0.25, -0.2) is 0 Å². The first kappa shape index (κ1) is 11.3. The smallest absolute Gasteiger partial charge is 0.175 e. The number of nitriles is 1. The zero-order valence-corrected chi connectivity index (χ0v) is 10.8. The average molecular weight is 282 g/mol. The highest BCUT2D eigenvalue weighted by Gasteiger charge is 2.24. The van der Waals surface area contributed by atoms with Crippen LogP contribution in [0.15, 0.2) is 10.5 Å². The van der Waals surface area contributed by atoms with Crippen LogP contribution in [0.4, 0.5) is 0 Å². The number of hydrogen-bond acceptors (Lipinski definition) is 3. The van der Waals surface area contributed by atoms with Gasteiger partial charge in [0.15, 0.2) is 11.5 Å². The lowest BCUT2D eigenvalue weighted by atomic mass is 9.96. The van der Waals surface area contributed by atoms with Crippen molar-refractivity contribution in [3.8, 4) is 17.6 Å². The third-order valence-corrected chi connectivity index (χ3v) is 3.09. The molecule has 0 spiro atoms. The standard InChI is InChI=1S/C12H12BrNO2/c1-7(2)10-8(6-14)5-9(13)11-12(10)16-4-3-15-11/h5,7H,3-4H2,1-2H3. The molecule has 0 N–H and O–H groups in total. The van der Waals surface area contributed by atoms with Crippen molar-refractivity contribution in [3.05, 3.63) is 21.7 Å². The largest absolute Gasteiger partial charge is 0.486 e. The minimum atomic E-state index is 0.234. The van der Waals surface area contributed by atoms with Gasteiger partial charge in [0.05, 0.1) is 16.1 Å². The maximum atomic E-state index is 9.13. The molecular formula is C12H12BrNO2. The van der Waals surface area contributed by atoms with Gasteiger partial charge in [0, 0.05) is 5.56 Å². The topological polar surface area (TPSA) is 42.2 Å². The number of hydrogen-bond donors (Lipinski definition) is 0. The summed E-state index contributed by atoms with van der Waals surface area (Å²) in [5.41, 5.74) is 1.58. The van der Waals surface area contributed by atoms with Crippen molar-refractivity contribution in [2.45, 2.75) is 19.8 Å². The average Bonchev–Trinajstić information content (AvgIpc) is 2.28. The van der Waals surface area contributed by atoms with Crippen LogP contribution in [-0.4, -0.2) is 13.2 Å². The van der Waals surface area contributed by atoms with E-state index in [1.54, 1.807) is 6.07 Å². The fourth-order valence-electron chi connectivity index (χ4n) is 1.85. The summed E-state index contributed by atoms with van der Waals surface area (Å²) in [6.45, 7) is 5.17. The minimum absolute atomic E-state index is 0.234. The zero-order chi connectivity index (χ0) is 11.7. The molecule has 0 saturated carbocycles. The normalized spacial score (nSPS) is 13.7. The lowest BCUT2D eigenvalue weighted by Crippen LogP contribution is -2.18. The molecule has 1 aliphatic rings. The van der Waals surface area contributed by atoms with Gasteiger partial charge in [0.2, 0.25) is 0 Å². The van der Waals surface area contributed by atoms with E-state index in [4.69, 9.17) is 14.7 Å². The Hall–Kier alpha value is -1.21. The third-order valence-electron chi connectivity index (χ3n) is 2.50. The van der Waals surface area contributed by atoms with Crippen molar-refractivity contribution >= 4 is 15.9 Å². The van der Waals surface area contributed by atoms with E-state index in [1.807, 2.05) is 13.8 Å². The van der Waals surface area contributed by atoms with Gasteiger partial charge in [-0.1, -0.05) is 13.8 Å². The van der Waals surface area contributed by atoms with Gasteiger partial charge < -0.3 is 9.47 Å². The van der Waals surface area contributed by atoms with Crippen molar-refractivity contribution in [3.63, 3.8) is 0 Å². The lowest BCUT2D eigenvalue weighted by molar-refractivity contribution is 0.168. The molecule has 84 valence electrons. The van der Waals surface area contributed by atoms with Crippen molar-refractivity contribution in [1.29, 1.82) is 5.26 Å². The molecule has 3 nitrogen and oxygen atoms in total. The van der Waals surface area contributed by atoms with Crippen LogP contribution in [0.5, 0.6) is 11.5 Å². The van der Waals surface area contributed by atoms with Gasteiger partial charge in [-0.05, 0) is 27.9 Å². The summed E-state index contributed by atoms with van der Waals surface area (Å²) in [6.07, 6.45) is 0. The molecule has 0 atom stereocenters. The second-order valence-corrected chi connectivity index (χ2v) is 4.80. The summed E-state index contributed by atoms with van der Waals surface area (Å²) in [4.78, 5) is 0. The summed E-state index contributed by atoms with van der Waals surface area (Å²) in [6, 6.07) is 4.00. The molecule has 16 heavy (non-hydrogen) atoms. The van der Waals surface area contributed by atoms with Crippen LogP contribution < -0.4 is 9.47 Å². The van der Waals surface area contributed by atoms with E-state index < -0.39 is 0 Å². The van der Waals surface area contributed by atoms with Crippen LogP contribution in [0, 0.1) is 11.3 Å². The SMILES string of the molecule is CC(C)c1c(C#N)cc(Br)c2c1OCCO2. The van der Waals surface area contributed by atoms with E-state index in [2.05, 4.69) is 22.0 Å². The van der Waals surface area contributed by atoms with Gasteiger partial charge in [-0.3, -0.25) is 0 Å². The molecule has 4 heteroatoms. The lowest BCUT2D eigenvalue weighted by Gasteiger charge is -2.24. The summed E-state index contributed by atoms with van der Waals surface area (Å²) < 4.78 is 12.0. The fourth-order valence-corrected chi connectivity index (χ4v) is 2.38. The molecule has 1 aromatic carbocycles. The highest BCUT2D eigenvalue weighted by atomic mass is 79.9. The second-order valence-electron chi connectivity index (χ2n) is 3.94. The fraction of sp³-hybridized carbons (Fsp3) is 0.417. The maximum Gasteiger partial charge on any atom is 0.175 e. The third kappa shape index (κ3) is 1.76. The quantitative estimate of drug-likeness (QED) is 0.794. The monoisotopic (exact) mass is 281 g/mol. The number of ether oxygens (including phenoxy) is 2. The van der Waals surface area contributed by atoms with Crippen molar-refractivity contribution in [2.75, 3.05) is 13.2 Å². The van der Waals surface area contributed by atoms with E-state index in [-0.39, 0.29) is 5.92 Å². The van der Waals surface area contributed by atoms with Crippen LogP contribution in [0.3, 0.4) is 0 Å². The van der Waals surface area contributed by atoms with Crippen molar-refractivity contribution in [1.82, 2.24) is 0 Å². The Morgan fingerprint density at radius 1 is 1.31 bits per heavy atom. The molecule has 1 heterocycles. The van der Waals surface area contributed by atoms with Crippen LogP contribution in [-0.2, 0) is 0 Å². The van der Waals surface area contributed by atoms with Gasteiger partial charge in [0.1, 0.15) is 13.2 Å². The molecule has 2 rings (SSSR count). The summed E-state index contributed by atoms with van der Waals surface area (Å²) in [5.74, 6) is 1.67. The first-order chi connectivity index (χ1) is 7.65. The Bertz CT molecular complexity index is 463. The molecular weight excluding hydrogens is 270 g/mol. The first-order valence-corrected chi connectivity index (χ1v) is 5.96. The van der Waals surface area contributed by atoms with Crippen LogP contribution >= 0.6 is 15.9 Å². The molecule has 1 aromatic rings. The van der Waals surface area contributed by atoms with E-state index >= 15 is 0 Å². The molecule has 0 radical (unpaired) electrons. The molecule has 1 aliphatic heterocycles. The van der Waals surface area contributed by atoms with Gasteiger partial charge in [-0.2, -0.15) is 5.26 Å². The maximum absolute atomic E-state index is 9.13. The Morgan fingerprint density at radius 2 is 1.94 bits per heavy atom. The highest BCUT2D eigenvalue weighted by Crippen LogP contribution is 2.44. The molecule has 0 aliphatic carbocycles. The van der Waals surface area contributed by atoms with E-state index in [1.165, 1.54) is 0 Å². The second kappa shape index (κ2) is 4.34.